The lowest BCUT2D eigenvalue weighted by Crippen LogP contribution is -2.11. The van der Waals surface area contributed by atoms with E-state index in [1.165, 1.54) is 25.7 Å². The third kappa shape index (κ3) is 21.7. The van der Waals surface area contributed by atoms with Crippen LogP contribution in [-0.2, 0) is 19.3 Å². The fourth-order valence-electron chi connectivity index (χ4n) is 2.74. The van der Waals surface area contributed by atoms with Crippen molar-refractivity contribution >= 4 is 28.8 Å². The first-order chi connectivity index (χ1) is 15.9. The molecule has 0 spiro atoms. The molecule has 0 aliphatic rings. The van der Waals surface area contributed by atoms with Gasteiger partial charge < -0.3 is 4.74 Å². The second-order valence-corrected chi connectivity index (χ2v) is 8.49. The minimum absolute atomic E-state index is 0.167. The third-order valence-electron chi connectivity index (χ3n) is 4.65. The van der Waals surface area contributed by atoms with E-state index in [-0.39, 0.29) is 12.6 Å². The number of hydrogen-bond acceptors (Lipinski definition) is 8. The standard InChI is InChI=1S/C25H46N4O4/c1-7-9-11-13-15-17-32-33-20-24(6)29-27-22(4)18-21(3)26-28-23(5)19-31-25(30)16-14-12-10-8-2/h7-20H2,1-6H3/b26-21+,27-22+,28-23+,29-24+. The molecule has 0 fully saturated rings. The summed E-state index contributed by atoms with van der Waals surface area (Å²) in [6.07, 6.45) is 11.2. The summed E-state index contributed by atoms with van der Waals surface area (Å²) in [5.74, 6) is -0.182. The Bertz CT molecular complexity index is 642. The van der Waals surface area contributed by atoms with Crippen molar-refractivity contribution in [1.29, 1.82) is 0 Å². The summed E-state index contributed by atoms with van der Waals surface area (Å²) >= 11 is 0. The molecule has 0 radical (unpaired) electrons. The van der Waals surface area contributed by atoms with Gasteiger partial charge in [0, 0.05) is 24.3 Å². The van der Waals surface area contributed by atoms with Crippen LogP contribution in [0.3, 0.4) is 0 Å². The molecule has 0 aromatic rings. The van der Waals surface area contributed by atoms with Gasteiger partial charge in [-0.2, -0.15) is 20.4 Å². The molecule has 0 bridgehead atoms. The van der Waals surface area contributed by atoms with Gasteiger partial charge >= 0.3 is 5.97 Å². The summed E-state index contributed by atoms with van der Waals surface area (Å²) in [7, 11) is 0. The summed E-state index contributed by atoms with van der Waals surface area (Å²) in [4.78, 5) is 22.1. The van der Waals surface area contributed by atoms with Gasteiger partial charge in [0.25, 0.3) is 0 Å². The van der Waals surface area contributed by atoms with Crippen LogP contribution in [0, 0.1) is 0 Å². The minimum atomic E-state index is -0.182. The molecule has 0 saturated heterocycles. The Hall–Kier alpha value is -1.93. The highest BCUT2D eigenvalue weighted by Gasteiger charge is 2.04. The Kier molecular flexibility index (Phi) is 20.6. The zero-order chi connectivity index (χ0) is 24.7. The number of carbonyl (C=O) groups is 1. The normalized spacial score (nSPS) is 13.5. The van der Waals surface area contributed by atoms with E-state index in [9.17, 15) is 4.79 Å². The molecule has 8 nitrogen and oxygen atoms in total. The van der Waals surface area contributed by atoms with Crippen LogP contribution >= 0.6 is 0 Å². The molecule has 0 rings (SSSR count). The lowest BCUT2D eigenvalue weighted by molar-refractivity contribution is -0.283. The molecule has 0 aromatic heterocycles. The van der Waals surface area contributed by atoms with E-state index in [4.69, 9.17) is 14.5 Å². The second-order valence-electron chi connectivity index (χ2n) is 8.49. The van der Waals surface area contributed by atoms with Gasteiger partial charge in [-0.05, 0) is 40.5 Å². The van der Waals surface area contributed by atoms with Crippen molar-refractivity contribution < 1.29 is 19.3 Å². The predicted molar refractivity (Wildman–Crippen MR) is 137 cm³/mol. The van der Waals surface area contributed by atoms with Crippen molar-refractivity contribution in [2.75, 3.05) is 19.8 Å². The van der Waals surface area contributed by atoms with Crippen molar-refractivity contribution in [3.63, 3.8) is 0 Å². The largest absolute Gasteiger partial charge is 0.459 e. The lowest BCUT2D eigenvalue weighted by Gasteiger charge is -2.04. The number of ether oxygens (including phenoxy) is 1. The topological polar surface area (TPSA) is 94.2 Å². The summed E-state index contributed by atoms with van der Waals surface area (Å²) < 4.78 is 5.23. The van der Waals surface area contributed by atoms with Crippen molar-refractivity contribution in [2.45, 2.75) is 112 Å². The number of carbonyl (C=O) groups excluding carboxylic acids is 1. The molecular formula is C25H46N4O4. The third-order valence-corrected chi connectivity index (χ3v) is 4.65. The van der Waals surface area contributed by atoms with Gasteiger partial charge in [0.1, 0.15) is 13.2 Å². The molecule has 0 saturated carbocycles. The highest BCUT2D eigenvalue weighted by atomic mass is 17.2. The Morgan fingerprint density at radius 2 is 1.12 bits per heavy atom. The predicted octanol–water partition coefficient (Wildman–Crippen LogP) is 6.48. The molecule has 0 heterocycles. The van der Waals surface area contributed by atoms with Crippen LogP contribution in [0.25, 0.3) is 0 Å². The van der Waals surface area contributed by atoms with E-state index in [2.05, 4.69) is 34.3 Å². The number of hydrogen-bond donors (Lipinski definition) is 0. The van der Waals surface area contributed by atoms with Gasteiger partial charge in [-0.3, -0.25) is 4.79 Å². The molecule has 0 unspecified atom stereocenters. The van der Waals surface area contributed by atoms with Crippen LogP contribution in [0.5, 0.6) is 0 Å². The monoisotopic (exact) mass is 466 g/mol. The Morgan fingerprint density at radius 1 is 0.606 bits per heavy atom. The van der Waals surface area contributed by atoms with Gasteiger partial charge in [-0.25, -0.2) is 9.78 Å². The summed E-state index contributed by atoms with van der Waals surface area (Å²) in [6, 6.07) is 0. The SMILES string of the molecule is CCCCCCCOOC/C(C)=N/N=C(\C)C/C(C)=N/N=C(\C)COC(=O)CCCCCC. The quantitative estimate of drug-likeness (QED) is 0.0674. The van der Waals surface area contributed by atoms with E-state index in [0.717, 1.165) is 49.2 Å². The van der Waals surface area contributed by atoms with Crippen LogP contribution < -0.4 is 0 Å². The van der Waals surface area contributed by atoms with Gasteiger partial charge in [-0.1, -0.05) is 58.8 Å². The second kappa shape index (κ2) is 21.9. The van der Waals surface area contributed by atoms with Crippen LogP contribution in [0.15, 0.2) is 20.4 Å². The molecule has 190 valence electrons. The molecule has 0 aliphatic heterocycles. The molecule has 0 aromatic carbocycles. The Balaban J connectivity index is 4.16. The van der Waals surface area contributed by atoms with E-state index in [1.807, 2.05) is 20.8 Å². The first-order valence-electron chi connectivity index (χ1n) is 12.4. The zero-order valence-electron chi connectivity index (χ0n) is 21.8. The van der Waals surface area contributed by atoms with Gasteiger partial charge in [0.2, 0.25) is 0 Å². The van der Waals surface area contributed by atoms with E-state index in [0.29, 0.717) is 31.8 Å². The molecule has 0 atom stereocenters. The highest BCUT2D eigenvalue weighted by molar-refractivity contribution is 6.02. The highest BCUT2D eigenvalue weighted by Crippen LogP contribution is 2.04. The minimum Gasteiger partial charge on any atom is -0.459 e. The van der Waals surface area contributed by atoms with Gasteiger partial charge in [0.05, 0.1) is 18.0 Å². The summed E-state index contributed by atoms with van der Waals surface area (Å²) in [5, 5.41) is 16.7. The molecule has 8 heteroatoms. The average molecular weight is 467 g/mol. The van der Waals surface area contributed by atoms with Crippen LogP contribution in [0.2, 0.25) is 0 Å². The van der Waals surface area contributed by atoms with E-state index in [1.54, 1.807) is 6.92 Å². The summed E-state index contributed by atoms with van der Waals surface area (Å²) in [5.41, 5.74) is 3.01. The maximum Gasteiger partial charge on any atom is 0.306 e. The first kappa shape index (κ1) is 31.1. The van der Waals surface area contributed by atoms with Crippen molar-refractivity contribution in [3.8, 4) is 0 Å². The maximum absolute atomic E-state index is 11.7. The molecule has 33 heavy (non-hydrogen) atoms. The van der Waals surface area contributed by atoms with Gasteiger partial charge in [-0.15, -0.1) is 0 Å². The average Bonchev–Trinajstić information content (AvgIpc) is 2.79. The molecule has 0 aliphatic carbocycles. The van der Waals surface area contributed by atoms with E-state index < -0.39 is 0 Å². The lowest BCUT2D eigenvalue weighted by atomic mass is 10.2. The number of nitrogens with zero attached hydrogens (tertiary/aromatic N) is 4. The number of unbranched alkanes of at least 4 members (excludes halogenated alkanes) is 7. The fraction of sp³-hybridized carbons (Fsp3) is 0.800. The van der Waals surface area contributed by atoms with Gasteiger partial charge in [0.15, 0.2) is 0 Å². The van der Waals surface area contributed by atoms with Crippen LogP contribution in [0.1, 0.15) is 112 Å². The smallest absolute Gasteiger partial charge is 0.306 e. The van der Waals surface area contributed by atoms with Crippen molar-refractivity contribution in [1.82, 2.24) is 0 Å². The maximum atomic E-state index is 11.7. The molecule has 0 N–H and O–H groups in total. The molecule has 0 amide bonds. The number of esters is 1. The molecular weight excluding hydrogens is 420 g/mol. The zero-order valence-corrected chi connectivity index (χ0v) is 21.8. The van der Waals surface area contributed by atoms with Crippen LogP contribution in [0.4, 0.5) is 0 Å². The number of rotatable bonds is 20. The van der Waals surface area contributed by atoms with Crippen molar-refractivity contribution in [3.05, 3.63) is 0 Å². The van der Waals surface area contributed by atoms with E-state index >= 15 is 0 Å². The Labute approximate surface area is 200 Å². The van der Waals surface area contributed by atoms with Crippen LogP contribution in [-0.4, -0.2) is 48.6 Å². The Morgan fingerprint density at radius 3 is 1.73 bits per heavy atom. The fourth-order valence-corrected chi connectivity index (χ4v) is 2.74. The first-order valence-corrected chi connectivity index (χ1v) is 12.4. The summed E-state index contributed by atoms with van der Waals surface area (Å²) in [6.45, 7) is 12.8. The van der Waals surface area contributed by atoms with Crippen molar-refractivity contribution in [2.24, 2.45) is 20.4 Å².